The van der Waals surface area contributed by atoms with Crippen LogP contribution >= 0.6 is 69.6 Å². The van der Waals surface area contributed by atoms with Crippen LogP contribution in [-0.4, -0.2) is 57.6 Å². The number of hydrogen-bond acceptors (Lipinski definition) is 8. The maximum absolute atomic E-state index is 12.3. The number of ether oxygens (including phenoxy) is 2. The second-order valence-electron chi connectivity index (χ2n) is 7.03. The molecule has 0 aliphatic rings. The first-order chi connectivity index (χ1) is 16.5. The molecule has 0 aliphatic carbocycles. The molecule has 12 nitrogen and oxygen atoms in total. The van der Waals surface area contributed by atoms with E-state index in [2.05, 4.69) is 0 Å². The quantitative estimate of drug-likeness (QED) is 0.101. The average Bonchev–Trinajstić information content (AvgIpc) is 3.36. The fraction of sp³-hybridized carbons (Fsp3) is 0.444. The minimum Gasteiger partial charge on any atom is -0.351 e. The number of hydrogen-bond donors (Lipinski definition) is 0. The van der Waals surface area contributed by atoms with Gasteiger partial charge in [0.1, 0.15) is 0 Å². The molecule has 2 heterocycles. The number of carbonyl (C=O) groups is 2. The Kier molecular flexibility index (Phi) is 10.4. The fourth-order valence-electron chi connectivity index (χ4n) is 2.91. The molecule has 0 amide bonds. The van der Waals surface area contributed by atoms with Crippen LogP contribution in [0.15, 0.2) is 24.5 Å². The van der Waals surface area contributed by atoms with Gasteiger partial charge in [-0.2, -0.15) is 0 Å². The summed E-state index contributed by atoms with van der Waals surface area (Å²) in [6, 6.07) is 1.97. The molecule has 18 heteroatoms. The van der Waals surface area contributed by atoms with Gasteiger partial charge in [0.15, 0.2) is 6.29 Å². The minimum atomic E-state index is -2.31. The highest BCUT2D eigenvalue weighted by atomic mass is 35.6. The number of alkyl halides is 6. The molecule has 2 aromatic rings. The van der Waals surface area contributed by atoms with Gasteiger partial charge >= 0.3 is 0 Å². The summed E-state index contributed by atoms with van der Waals surface area (Å²) in [7, 11) is 0. The predicted molar refractivity (Wildman–Crippen MR) is 133 cm³/mol. The lowest BCUT2D eigenvalue weighted by molar-refractivity contribution is -0.385. The molecule has 0 radical (unpaired) electrons. The number of rotatable bonds is 12. The standard InChI is InChI=1S/C18H16Cl6N4O8/c1-10(35-4-2-25-8-11(27(31)32)6-13(25)15(29)17(19,20)21)36-5-3-26-9-12(28(33)34)7-14(26)16(30)18(22,23)24/h6-10H,2-5H2,1H3. The van der Waals surface area contributed by atoms with Crippen molar-refractivity contribution in [2.75, 3.05) is 13.2 Å². The summed E-state index contributed by atoms with van der Waals surface area (Å²) in [6.45, 7) is 1.39. The lowest BCUT2D eigenvalue weighted by Crippen LogP contribution is -2.25. The Balaban J connectivity index is 1.97. The maximum atomic E-state index is 12.3. The Morgan fingerprint density at radius 1 is 0.833 bits per heavy atom. The molecule has 0 unspecified atom stereocenters. The van der Waals surface area contributed by atoms with Crippen LogP contribution in [0.4, 0.5) is 11.4 Å². The van der Waals surface area contributed by atoms with Crippen LogP contribution in [0.2, 0.25) is 0 Å². The van der Waals surface area contributed by atoms with E-state index in [-0.39, 0.29) is 49.1 Å². The zero-order chi connectivity index (χ0) is 27.4. The van der Waals surface area contributed by atoms with Gasteiger partial charge in [0.05, 0.1) is 46.8 Å². The number of carbonyl (C=O) groups excluding carboxylic acids is 2. The summed E-state index contributed by atoms with van der Waals surface area (Å²) in [5.74, 6) is -1.91. The van der Waals surface area contributed by atoms with Gasteiger partial charge in [0, 0.05) is 25.2 Å². The van der Waals surface area contributed by atoms with Crippen LogP contribution in [-0.2, 0) is 22.6 Å². The molecule has 0 fully saturated rings. The smallest absolute Gasteiger partial charge is 0.287 e. The molecule has 0 saturated heterocycles. The molecule has 0 atom stereocenters. The predicted octanol–water partition coefficient (Wildman–Crippen LogP) is 5.29. The molecule has 0 aromatic carbocycles. The van der Waals surface area contributed by atoms with Crippen LogP contribution in [0.25, 0.3) is 0 Å². The zero-order valence-electron chi connectivity index (χ0n) is 18.0. The van der Waals surface area contributed by atoms with Gasteiger partial charge in [0.2, 0.25) is 11.6 Å². The van der Waals surface area contributed by atoms with Gasteiger partial charge < -0.3 is 18.6 Å². The Morgan fingerprint density at radius 3 is 1.44 bits per heavy atom. The Hall–Kier alpha value is -1.64. The van der Waals surface area contributed by atoms with Crippen molar-refractivity contribution in [1.29, 1.82) is 0 Å². The first kappa shape index (κ1) is 30.6. The second-order valence-corrected chi connectivity index (χ2v) is 11.6. The Bertz CT molecular complexity index is 1070. The van der Waals surface area contributed by atoms with Crippen molar-refractivity contribution >= 4 is 92.5 Å². The molecule has 0 spiro atoms. The highest BCUT2D eigenvalue weighted by Gasteiger charge is 2.36. The van der Waals surface area contributed by atoms with Gasteiger partial charge in [-0.15, -0.1) is 0 Å². The molecule has 2 aromatic heterocycles. The van der Waals surface area contributed by atoms with Crippen molar-refractivity contribution in [2.45, 2.75) is 33.9 Å². The summed E-state index contributed by atoms with van der Waals surface area (Å²) in [5, 5.41) is 22.1. The molecule has 0 aliphatic heterocycles. The lowest BCUT2D eigenvalue weighted by Gasteiger charge is -2.17. The summed E-state index contributed by atoms with van der Waals surface area (Å²) in [6.07, 6.45) is 1.38. The van der Waals surface area contributed by atoms with E-state index in [9.17, 15) is 29.8 Å². The van der Waals surface area contributed by atoms with Crippen molar-refractivity contribution in [3.8, 4) is 0 Å². The third-order valence-electron chi connectivity index (χ3n) is 4.54. The first-order valence-corrected chi connectivity index (χ1v) is 11.9. The Labute approximate surface area is 233 Å². The topological polar surface area (TPSA) is 149 Å². The molecule has 36 heavy (non-hydrogen) atoms. The summed E-state index contributed by atoms with van der Waals surface area (Å²) in [5.41, 5.74) is -1.14. The van der Waals surface area contributed by atoms with Gasteiger partial charge in [-0.05, 0) is 6.92 Å². The van der Waals surface area contributed by atoms with E-state index in [1.165, 1.54) is 16.1 Å². The lowest BCUT2D eigenvalue weighted by atomic mass is 10.3. The number of ketones is 2. The minimum absolute atomic E-state index is 0.0188. The van der Waals surface area contributed by atoms with Crippen LogP contribution < -0.4 is 0 Å². The number of aromatic nitrogens is 2. The average molecular weight is 629 g/mol. The van der Waals surface area contributed by atoms with E-state index in [0.29, 0.717) is 0 Å². The summed E-state index contributed by atoms with van der Waals surface area (Å²) < 4.78 is 8.75. The number of nitrogens with zero attached hydrogens (tertiary/aromatic N) is 4. The maximum Gasteiger partial charge on any atom is 0.287 e. The zero-order valence-corrected chi connectivity index (χ0v) is 22.6. The van der Waals surface area contributed by atoms with Gasteiger partial charge in [-0.1, -0.05) is 69.6 Å². The van der Waals surface area contributed by atoms with Gasteiger partial charge in [-0.3, -0.25) is 29.8 Å². The van der Waals surface area contributed by atoms with E-state index in [4.69, 9.17) is 79.1 Å². The molecule has 0 bridgehead atoms. The van der Waals surface area contributed by atoms with Crippen molar-refractivity contribution in [1.82, 2.24) is 9.13 Å². The van der Waals surface area contributed by atoms with E-state index in [1.807, 2.05) is 0 Å². The van der Waals surface area contributed by atoms with Crippen molar-refractivity contribution in [3.63, 3.8) is 0 Å². The van der Waals surface area contributed by atoms with Gasteiger partial charge in [0.25, 0.3) is 19.0 Å². The van der Waals surface area contributed by atoms with Crippen LogP contribution in [0.1, 0.15) is 27.9 Å². The number of nitro groups is 2. The van der Waals surface area contributed by atoms with E-state index < -0.39 is 35.3 Å². The van der Waals surface area contributed by atoms with Crippen LogP contribution in [0.3, 0.4) is 0 Å². The third kappa shape index (κ3) is 8.18. The SMILES string of the molecule is CC(OCCn1cc([N+](=O)[O-])cc1C(=O)C(Cl)(Cl)Cl)OCCn1cc([N+](=O)[O-])cc1C(=O)C(Cl)(Cl)Cl. The molecule has 0 N–H and O–H groups in total. The fourth-order valence-corrected chi connectivity index (χ4v) is 3.49. The van der Waals surface area contributed by atoms with Crippen LogP contribution in [0.5, 0.6) is 0 Å². The third-order valence-corrected chi connectivity index (χ3v) is 5.57. The molecule has 2 rings (SSSR count). The van der Waals surface area contributed by atoms with Crippen molar-refractivity contribution < 1.29 is 28.9 Å². The van der Waals surface area contributed by atoms with Gasteiger partial charge in [-0.25, -0.2) is 0 Å². The largest absolute Gasteiger partial charge is 0.351 e. The second kappa shape index (κ2) is 12.3. The van der Waals surface area contributed by atoms with Crippen molar-refractivity contribution in [3.05, 3.63) is 56.1 Å². The van der Waals surface area contributed by atoms with Crippen molar-refractivity contribution in [2.24, 2.45) is 0 Å². The monoisotopic (exact) mass is 626 g/mol. The molecule has 198 valence electrons. The Morgan fingerprint density at radius 2 is 1.17 bits per heavy atom. The highest BCUT2D eigenvalue weighted by Crippen LogP contribution is 2.33. The van der Waals surface area contributed by atoms with E-state index in [0.717, 1.165) is 24.5 Å². The molecular weight excluding hydrogens is 613 g/mol. The van der Waals surface area contributed by atoms with E-state index >= 15 is 0 Å². The van der Waals surface area contributed by atoms with Crippen LogP contribution in [0, 0.1) is 20.2 Å². The number of halogens is 6. The highest BCUT2D eigenvalue weighted by molar-refractivity contribution is 6.78. The van der Waals surface area contributed by atoms with E-state index in [1.54, 1.807) is 0 Å². The molecular formula is C18H16Cl6N4O8. The summed E-state index contributed by atoms with van der Waals surface area (Å²) in [4.78, 5) is 45.3. The molecule has 0 saturated carbocycles. The first-order valence-electron chi connectivity index (χ1n) is 9.67. The number of Topliss-reactive ketones (excluding diaryl/α,β-unsaturated/α-hetero) is 2. The normalized spacial score (nSPS) is 12.2. The summed E-state index contributed by atoms with van der Waals surface area (Å²) >= 11 is 33.7.